The van der Waals surface area contributed by atoms with Crippen LogP contribution >= 0.6 is 0 Å². The lowest BCUT2D eigenvalue weighted by atomic mass is 9.94. The van der Waals surface area contributed by atoms with Crippen LogP contribution in [0.5, 0.6) is 5.75 Å². The van der Waals surface area contributed by atoms with Crippen molar-refractivity contribution in [1.29, 1.82) is 0 Å². The van der Waals surface area contributed by atoms with Crippen LogP contribution in [0.2, 0.25) is 0 Å². The number of hydrogen-bond acceptors (Lipinski definition) is 3. The van der Waals surface area contributed by atoms with E-state index in [0.717, 1.165) is 12.8 Å². The molecule has 0 spiro atoms. The summed E-state index contributed by atoms with van der Waals surface area (Å²) in [5, 5.41) is 3.03. The molecule has 116 valence electrons. The minimum absolute atomic E-state index is 0.0493. The number of carbonyl (C=O) groups is 1. The Hall–Kier alpha value is -1.78. The van der Waals surface area contributed by atoms with Gasteiger partial charge in [-0.05, 0) is 25.0 Å². The molecule has 0 bridgehead atoms. The van der Waals surface area contributed by atoms with Crippen molar-refractivity contribution in [2.75, 3.05) is 26.0 Å². The Balaban J connectivity index is 1.91. The largest absolute Gasteiger partial charge is 0.494 e. The van der Waals surface area contributed by atoms with E-state index in [2.05, 4.69) is 5.32 Å². The van der Waals surface area contributed by atoms with Crippen molar-refractivity contribution in [1.82, 2.24) is 4.90 Å². The topological polar surface area (TPSA) is 41.6 Å². The summed E-state index contributed by atoms with van der Waals surface area (Å²) in [5.41, 5.74) is 0.629. The SMILES string of the molecule is COc1cc(F)ccc1NCC(=O)N(C)C1CCCCC1. The fourth-order valence-corrected chi connectivity index (χ4v) is 2.78. The van der Waals surface area contributed by atoms with E-state index in [1.54, 1.807) is 6.07 Å². The molecule has 0 aliphatic heterocycles. The number of anilines is 1. The molecular weight excluding hydrogens is 271 g/mol. The Morgan fingerprint density at radius 2 is 2.10 bits per heavy atom. The van der Waals surface area contributed by atoms with Crippen LogP contribution in [0, 0.1) is 5.82 Å². The van der Waals surface area contributed by atoms with Crippen molar-refractivity contribution in [3.8, 4) is 5.75 Å². The number of carbonyl (C=O) groups excluding carboxylic acids is 1. The first-order chi connectivity index (χ1) is 10.1. The lowest BCUT2D eigenvalue weighted by molar-refractivity contribution is -0.130. The summed E-state index contributed by atoms with van der Waals surface area (Å²) in [6.45, 7) is 0.189. The van der Waals surface area contributed by atoms with Gasteiger partial charge in [-0.2, -0.15) is 0 Å². The molecule has 1 aliphatic carbocycles. The number of likely N-dealkylation sites (N-methyl/N-ethyl adjacent to an activating group) is 1. The van der Waals surface area contributed by atoms with Crippen LogP contribution in [0.1, 0.15) is 32.1 Å². The van der Waals surface area contributed by atoms with Crippen molar-refractivity contribution in [3.63, 3.8) is 0 Å². The van der Waals surface area contributed by atoms with E-state index in [-0.39, 0.29) is 18.3 Å². The summed E-state index contributed by atoms with van der Waals surface area (Å²) in [6, 6.07) is 4.59. The molecule has 5 heteroatoms. The van der Waals surface area contributed by atoms with Gasteiger partial charge >= 0.3 is 0 Å². The van der Waals surface area contributed by atoms with E-state index in [0.29, 0.717) is 17.5 Å². The molecule has 1 amide bonds. The molecule has 1 aromatic carbocycles. The second-order valence-electron chi connectivity index (χ2n) is 5.49. The number of halogens is 1. The number of ether oxygens (including phenoxy) is 1. The van der Waals surface area contributed by atoms with Gasteiger partial charge in [-0.1, -0.05) is 19.3 Å². The summed E-state index contributed by atoms with van der Waals surface area (Å²) in [7, 11) is 3.35. The number of amides is 1. The molecule has 0 unspecified atom stereocenters. The first-order valence-electron chi connectivity index (χ1n) is 7.45. The van der Waals surface area contributed by atoms with Gasteiger partial charge in [0.1, 0.15) is 11.6 Å². The lowest BCUT2D eigenvalue weighted by Crippen LogP contribution is -2.41. The number of rotatable bonds is 5. The van der Waals surface area contributed by atoms with Gasteiger partial charge < -0.3 is 15.0 Å². The Morgan fingerprint density at radius 3 is 2.76 bits per heavy atom. The molecule has 0 atom stereocenters. The highest BCUT2D eigenvalue weighted by Crippen LogP contribution is 2.25. The fourth-order valence-electron chi connectivity index (χ4n) is 2.78. The van der Waals surface area contributed by atoms with Gasteiger partial charge in [0.15, 0.2) is 0 Å². The van der Waals surface area contributed by atoms with Gasteiger partial charge in [0, 0.05) is 19.2 Å². The van der Waals surface area contributed by atoms with Crippen LogP contribution in [0.25, 0.3) is 0 Å². The molecule has 0 aromatic heterocycles. The van der Waals surface area contributed by atoms with Crippen LogP contribution in [-0.4, -0.2) is 37.6 Å². The van der Waals surface area contributed by atoms with Gasteiger partial charge in [0.05, 0.1) is 19.3 Å². The summed E-state index contributed by atoms with van der Waals surface area (Å²) in [4.78, 5) is 14.1. The van der Waals surface area contributed by atoms with Gasteiger partial charge in [0.2, 0.25) is 5.91 Å². The molecular formula is C16H23FN2O2. The zero-order valence-electron chi connectivity index (χ0n) is 12.7. The number of benzene rings is 1. The van der Waals surface area contributed by atoms with Gasteiger partial charge in [-0.25, -0.2) is 4.39 Å². The lowest BCUT2D eigenvalue weighted by Gasteiger charge is -2.31. The normalized spacial score (nSPS) is 15.6. The standard InChI is InChI=1S/C16H23FN2O2/c1-19(13-6-4-3-5-7-13)16(20)11-18-14-9-8-12(17)10-15(14)21-2/h8-10,13,18H,3-7,11H2,1-2H3. The van der Waals surface area contributed by atoms with E-state index in [9.17, 15) is 9.18 Å². The van der Waals surface area contributed by atoms with Crippen LogP contribution in [0.3, 0.4) is 0 Å². The molecule has 0 saturated heterocycles. The average Bonchev–Trinajstić information content (AvgIpc) is 2.53. The van der Waals surface area contributed by atoms with Gasteiger partial charge in [-0.3, -0.25) is 4.79 Å². The van der Waals surface area contributed by atoms with Crippen molar-refractivity contribution in [2.24, 2.45) is 0 Å². The third-order valence-corrected chi connectivity index (χ3v) is 4.11. The smallest absolute Gasteiger partial charge is 0.241 e. The Bertz CT molecular complexity index is 487. The highest BCUT2D eigenvalue weighted by molar-refractivity contribution is 5.81. The molecule has 1 aromatic rings. The van der Waals surface area contributed by atoms with E-state index in [1.165, 1.54) is 38.5 Å². The molecule has 1 aliphatic rings. The number of methoxy groups -OCH3 is 1. The third-order valence-electron chi connectivity index (χ3n) is 4.11. The quantitative estimate of drug-likeness (QED) is 0.907. The molecule has 1 saturated carbocycles. The second kappa shape index (κ2) is 7.29. The molecule has 4 nitrogen and oxygen atoms in total. The third kappa shape index (κ3) is 4.09. The molecule has 0 heterocycles. The Labute approximate surface area is 125 Å². The number of hydrogen-bond donors (Lipinski definition) is 1. The summed E-state index contributed by atoms with van der Waals surface area (Å²) >= 11 is 0. The van der Waals surface area contributed by atoms with E-state index in [1.807, 2.05) is 11.9 Å². The summed E-state index contributed by atoms with van der Waals surface area (Å²) in [5.74, 6) is 0.0967. The number of nitrogens with zero attached hydrogens (tertiary/aromatic N) is 1. The van der Waals surface area contributed by atoms with Gasteiger partial charge in [-0.15, -0.1) is 0 Å². The number of nitrogens with one attached hydrogen (secondary N) is 1. The van der Waals surface area contributed by atoms with Crippen LogP contribution in [0.4, 0.5) is 10.1 Å². The summed E-state index contributed by atoms with van der Waals surface area (Å²) < 4.78 is 18.2. The maximum Gasteiger partial charge on any atom is 0.241 e. The average molecular weight is 294 g/mol. The molecule has 1 N–H and O–H groups in total. The fraction of sp³-hybridized carbons (Fsp3) is 0.562. The Kier molecular flexibility index (Phi) is 5.42. The van der Waals surface area contributed by atoms with E-state index in [4.69, 9.17) is 4.74 Å². The maximum absolute atomic E-state index is 13.1. The van der Waals surface area contributed by atoms with E-state index < -0.39 is 0 Å². The van der Waals surface area contributed by atoms with Crippen LogP contribution < -0.4 is 10.1 Å². The first-order valence-corrected chi connectivity index (χ1v) is 7.45. The zero-order chi connectivity index (χ0) is 15.2. The van der Waals surface area contributed by atoms with Crippen molar-refractivity contribution < 1.29 is 13.9 Å². The van der Waals surface area contributed by atoms with Crippen LogP contribution in [0.15, 0.2) is 18.2 Å². The monoisotopic (exact) mass is 294 g/mol. The molecule has 21 heavy (non-hydrogen) atoms. The van der Waals surface area contributed by atoms with Crippen molar-refractivity contribution in [3.05, 3.63) is 24.0 Å². The highest BCUT2D eigenvalue weighted by Gasteiger charge is 2.21. The van der Waals surface area contributed by atoms with Gasteiger partial charge in [0.25, 0.3) is 0 Å². The van der Waals surface area contributed by atoms with E-state index >= 15 is 0 Å². The van der Waals surface area contributed by atoms with Crippen molar-refractivity contribution >= 4 is 11.6 Å². The molecule has 1 fully saturated rings. The first kappa shape index (κ1) is 15.6. The predicted molar refractivity (Wildman–Crippen MR) is 81.1 cm³/mol. The minimum Gasteiger partial charge on any atom is -0.494 e. The highest BCUT2D eigenvalue weighted by atomic mass is 19.1. The summed E-state index contributed by atoms with van der Waals surface area (Å²) in [6.07, 6.45) is 5.83. The van der Waals surface area contributed by atoms with Crippen molar-refractivity contribution in [2.45, 2.75) is 38.1 Å². The Morgan fingerprint density at radius 1 is 1.38 bits per heavy atom. The maximum atomic E-state index is 13.1. The minimum atomic E-state index is -0.358. The predicted octanol–water partition coefficient (Wildman–Crippen LogP) is 3.04. The molecule has 2 rings (SSSR count). The zero-order valence-corrected chi connectivity index (χ0v) is 12.7. The van der Waals surface area contributed by atoms with Crippen LogP contribution in [-0.2, 0) is 4.79 Å². The second-order valence-corrected chi connectivity index (χ2v) is 5.49. The molecule has 0 radical (unpaired) electrons.